The van der Waals surface area contributed by atoms with Gasteiger partial charge in [-0.3, -0.25) is 14.4 Å². The molecule has 0 bridgehead atoms. The molecule has 47 heavy (non-hydrogen) atoms. The van der Waals surface area contributed by atoms with E-state index in [0.717, 1.165) is 11.1 Å². The maximum Gasteiger partial charge on any atom is 0.264 e. The van der Waals surface area contributed by atoms with E-state index in [2.05, 4.69) is 15.4 Å². The van der Waals surface area contributed by atoms with Crippen molar-refractivity contribution in [2.24, 2.45) is 11.3 Å². The number of likely N-dealkylation sites (N-methyl/N-ethyl adjacent to an activating group) is 2. The predicted molar refractivity (Wildman–Crippen MR) is 189 cm³/mol. The van der Waals surface area contributed by atoms with Gasteiger partial charge in [-0.25, -0.2) is 13.1 Å². The Bertz CT molecular complexity index is 1530. The molecule has 0 aliphatic heterocycles. The molecule has 3 N–H and O–H groups in total. The Labute approximate surface area is 283 Å². The van der Waals surface area contributed by atoms with E-state index in [1.165, 1.54) is 24.0 Å². The molecule has 0 aliphatic rings. The third-order valence-corrected chi connectivity index (χ3v) is 10.1. The zero-order valence-corrected chi connectivity index (χ0v) is 31.3. The van der Waals surface area contributed by atoms with Gasteiger partial charge in [0.2, 0.25) is 11.8 Å². The van der Waals surface area contributed by atoms with Crippen LogP contribution in [0.2, 0.25) is 0 Å². The predicted octanol–water partition coefficient (Wildman–Crippen LogP) is 5.32. The topological polar surface area (TPSA) is 125 Å². The van der Waals surface area contributed by atoms with Gasteiger partial charge in [0, 0.05) is 18.0 Å². The van der Waals surface area contributed by atoms with Crippen molar-refractivity contribution in [1.82, 2.24) is 20.3 Å². The monoisotopic (exact) mass is 668 g/mol. The van der Waals surface area contributed by atoms with Crippen LogP contribution < -0.4 is 15.4 Å². The molecular formula is C37H56N4O5S. The third kappa shape index (κ3) is 10.00. The van der Waals surface area contributed by atoms with E-state index >= 15 is 0 Å². The summed E-state index contributed by atoms with van der Waals surface area (Å²) < 4.78 is 28.2. The molecule has 3 atom stereocenters. The second-order valence-corrected chi connectivity index (χ2v) is 17.0. The van der Waals surface area contributed by atoms with Crippen molar-refractivity contribution < 1.29 is 22.8 Å². The fourth-order valence-electron chi connectivity index (χ4n) is 5.56. The van der Waals surface area contributed by atoms with E-state index in [-0.39, 0.29) is 33.6 Å². The summed E-state index contributed by atoms with van der Waals surface area (Å²) in [5.74, 6) is -1.55. The molecule has 2 aromatic rings. The molecular weight excluding hydrogens is 612 g/mol. The van der Waals surface area contributed by atoms with Crippen LogP contribution in [0.1, 0.15) is 87.3 Å². The van der Waals surface area contributed by atoms with Crippen molar-refractivity contribution in [3.05, 3.63) is 77.4 Å². The molecule has 0 radical (unpaired) electrons. The minimum Gasteiger partial charge on any atom is -0.342 e. The van der Waals surface area contributed by atoms with E-state index in [1.54, 1.807) is 32.3 Å². The summed E-state index contributed by atoms with van der Waals surface area (Å²) in [7, 11) is -0.762. The standard InChI is InChI=1S/C37H56N4O5S/c1-24(2)29(23-25(3)32(42)40-47(45,46)28-21-19-26(20-22-28)35(4,5)6)41(13)34(44)31(36(7,8)9)39-33(43)30(38-12)37(10,11)27-17-15-14-16-18-27/h14-24,29-31,38H,1-13H3,(H,39,43)(H,40,42). The Balaban J connectivity index is 2.32. The van der Waals surface area contributed by atoms with E-state index in [0.29, 0.717) is 0 Å². The van der Waals surface area contributed by atoms with Crippen LogP contribution in [-0.2, 0) is 35.2 Å². The molecule has 2 rings (SSSR count). The number of rotatable bonds is 12. The highest BCUT2D eigenvalue weighted by molar-refractivity contribution is 7.90. The maximum atomic E-state index is 14.1. The Morgan fingerprint density at radius 2 is 1.34 bits per heavy atom. The third-order valence-electron chi connectivity index (χ3n) is 8.70. The number of nitrogens with zero attached hydrogens (tertiary/aromatic N) is 1. The minimum absolute atomic E-state index is 0.0153. The molecule has 0 heterocycles. The molecule has 10 heteroatoms. The summed E-state index contributed by atoms with van der Waals surface area (Å²) in [6.07, 6.45) is 1.60. The van der Waals surface area contributed by atoms with Crippen LogP contribution in [0.15, 0.2) is 71.1 Å². The number of amides is 3. The summed E-state index contributed by atoms with van der Waals surface area (Å²) in [6.45, 7) is 21.1. The first-order chi connectivity index (χ1) is 21.4. The van der Waals surface area contributed by atoms with Crippen molar-refractivity contribution in [1.29, 1.82) is 0 Å². The largest absolute Gasteiger partial charge is 0.342 e. The lowest BCUT2D eigenvalue weighted by atomic mass is 9.76. The van der Waals surface area contributed by atoms with Crippen molar-refractivity contribution in [3.8, 4) is 0 Å². The van der Waals surface area contributed by atoms with Crippen molar-refractivity contribution in [2.75, 3.05) is 14.1 Å². The molecule has 9 nitrogen and oxygen atoms in total. The van der Waals surface area contributed by atoms with E-state index in [1.807, 2.05) is 99.6 Å². The lowest BCUT2D eigenvalue weighted by Gasteiger charge is -2.40. The van der Waals surface area contributed by atoms with E-state index in [4.69, 9.17) is 0 Å². The second-order valence-electron chi connectivity index (χ2n) is 15.4. The lowest BCUT2D eigenvalue weighted by Crippen LogP contribution is -2.61. The number of hydrogen-bond acceptors (Lipinski definition) is 6. The number of nitrogens with one attached hydrogen (secondary N) is 3. The zero-order valence-electron chi connectivity index (χ0n) is 30.5. The van der Waals surface area contributed by atoms with Crippen LogP contribution in [-0.4, -0.2) is 63.3 Å². The van der Waals surface area contributed by atoms with Gasteiger partial charge in [-0.05, 0) is 54.0 Å². The lowest BCUT2D eigenvalue weighted by molar-refractivity contribution is -0.140. The number of carbonyl (C=O) groups is 3. The van der Waals surface area contributed by atoms with Crippen LogP contribution in [0.4, 0.5) is 0 Å². The number of benzene rings is 2. The van der Waals surface area contributed by atoms with Gasteiger partial charge in [0.15, 0.2) is 0 Å². The first-order valence-electron chi connectivity index (χ1n) is 16.1. The summed E-state index contributed by atoms with van der Waals surface area (Å²) >= 11 is 0. The van der Waals surface area contributed by atoms with Crippen LogP contribution in [0.25, 0.3) is 0 Å². The summed E-state index contributed by atoms with van der Waals surface area (Å²) in [5.41, 5.74) is 0.715. The fourth-order valence-corrected chi connectivity index (χ4v) is 6.58. The molecule has 3 amide bonds. The Hall–Kier alpha value is -3.50. The molecule has 3 unspecified atom stereocenters. The molecule has 0 spiro atoms. The second kappa shape index (κ2) is 15.2. The molecule has 260 valence electrons. The number of sulfonamides is 1. The summed E-state index contributed by atoms with van der Waals surface area (Å²) in [5, 5.41) is 6.17. The normalized spacial score (nSPS) is 15.1. The van der Waals surface area contributed by atoms with Crippen molar-refractivity contribution >= 4 is 27.7 Å². The highest BCUT2D eigenvalue weighted by Crippen LogP contribution is 2.29. The SMILES string of the molecule is CNC(C(=O)NC(C(=O)N(C)C(C=C(C)C(=O)NS(=O)(=O)c1ccc(C(C)(C)C)cc1)C(C)C)C(C)(C)C)C(C)(C)c1ccccc1. The van der Waals surface area contributed by atoms with Gasteiger partial charge in [-0.2, -0.15) is 0 Å². The van der Waals surface area contributed by atoms with Crippen LogP contribution in [0, 0.1) is 11.3 Å². The van der Waals surface area contributed by atoms with Gasteiger partial charge >= 0.3 is 0 Å². The Kier molecular flexibility index (Phi) is 12.8. The van der Waals surface area contributed by atoms with Gasteiger partial charge in [0.1, 0.15) is 6.04 Å². The molecule has 2 aromatic carbocycles. The first kappa shape index (κ1) is 39.7. The average molecular weight is 669 g/mol. The van der Waals surface area contributed by atoms with Gasteiger partial charge in [-0.15, -0.1) is 0 Å². The van der Waals surface area contributed by atoms with Crippen molar-refractivity contribution in [3.63, 3.8) is 0 Å². The van der Waals surface area contributed by atoms with Crippen molar-refractivity contribution in [2.45, 2.75) is 110 Å². The zero-order chi connectivity index (χ0) is 36.1. The Morgan fingerprint density at radius 1 is 0.809 bits per heavy atom. The Morgan fingerprint density at radius 3 is 1.79 bits per heavy atom. The first-order valence-corrected chi connectivity index (χ1v) is 17.6. The molecule has 0 aromatic heterocycles. The number of hydrogen-bond donors (Lipinski definition) is 3. The van der Waals surface area contributed by atoms with E-state index < -0.39 is 44.9 Å². The molecule has 0 aliphatic carbocycles. The molecule has 0 fully saturated rings. The molecule has 0 saturated heterocycles. The summed E-state index contributed by atoms with van der Waals surface area (Å²) in [6, 6.07) is 14.1. The smallest absolute Gasteiger partial charge is 0.264 e. The average Bonchev–Trinajstić information content (AvgIpc) is 2.97. The van der Waals surface area contributed by atoms with Gasteiger partial charge in [-0.1, -0.05) is 118 Å². The maximum absolute atomic E-state index is 14.1. The van der Waals surface area contributed by atoms with Crippen LogP contribution in [0.3, 0.4) is 0 Å². The van der Waals surface area contributed by atoms with E-state index in [9.17, 15) is 22.8 Å². The molecule has 0 saturated carbocycles. The fraction of sp³-hybridized carbons (Fsp3) is 0.541. The highest BCUT2D eigenvalue weighted by Gasteiger charge is 2.41. The minimum atomic E-state index is -4.12. The quantitative estimate of drug-likeness (QED) is 0.263. The van der Waals surface area contributed by atoms with Gasteiger partial charge in [0.05, 0.1) is 17.0 Å². The van der Waals surface area contributed by atoms with Crippen LogP contribution in [0.5, 0.6) is 0 Å². The highest BCUT2D eigenvalue weighted by atomic mass is 32.2. The number of carbonyl (C=O) groups excluding carboxylic acids is 3. The van der Waals surface area contributed by atoms with Gasteiger partial charge < -0.3 is 15.5 Å². The van der Waals surface area contributed by atoms with Gasteiger partial charge in [0.25, 0.3) is 15.9 Å². The summed E-state index contributed by atoms with van der Waals surface area (Å²) in [4.78, 5) is 42.6. The van der Waals surface area contributed by atoms with Crippen LogP contribution >= 0.6 is 0 Å².